The Kier molecular flexibility index (Phi) is 5.17. The van der Waals surface area contributed by atoms with E-state index in [1.54, 1.807) is 0 Å². The van der Waals surface area contributed by atoms with Crippen molar-refractivity contribution in [1.82, 2.24) is 0 Å². The number of quaternary nitrogens is 1. The molecule has 1 amide bonds. The highest BCUT2D eigenvalue weighted by Crippen LogP contribution is 2.32. The van der Waals surface area contributed by atoms with Crippen LogP contribution < -0.4 is 19.7 Å². The van der Waals surface area contributed by atoms with E-state index < -0.39 is 0 Å². The Morgan fingerprint density at radius 2 is 1.75 bits per heavy atom. The van der Waals surface area contributed by atoms with E-state index in [9.17, 15) is 4.79 Å². The quantitative estimate of drug-likeness (QED) is 0.719. The van der Waals surface area contributed by atoms with Gasteiger partial charge in [-0.2, -0.15) is 0 Å². The Labute approximate surface area is 164 Å². The van der Waals surface area contributed by atoms with Crippen molar-refractivity contribution in [2.24, 2.45) is 0 Å². The van der Waals surface area contributed by atoms with Crippen molar-refractivity contribution in [1.29, 1.82) is 0 Å². The number of benzene rings is 3. The van der Waals surface area contributed by atoms with Crippen LogP contribution in [0.1, 0.15) is 12.5 Å². The predicted octanol–water partition coefficient (Wildman–Crippen LogP) is 2.65. The first-order valence-corrected chi connectivity index (χ1v) is 9.60. The van der Waals surface area contributed by atoms with Gasteiger partial charge < -0.3 is 19.7 Å². The van der Waals surface area contributed by atoms with E-state index >= 15 is 0 Å². The van der Waals surface area contributed by atoms with E-state index in [2.05, 4.69) is 35.6 Å². The molecule has 3 aromatic carbocycles. The fraction of sp³-hybridized carbons (Fsp3) is 0.261. The average Bonchev–Trinajstić information content (AvgIpc) is 2.73. The molecule has 0 saturated carbocycles. The molecule has 2 N–H and O–H groups in total. The summed E-state index contributed by atoms with van der Waals surface area (Å²) >= 11 is 0. The molecule has 5 heteroatoms. The van der Waals surface area contributed by atoms with Gasteiger partial charge in [0.1, 0.15) is 19.8 Å². The van der Waals surface area contributed by atoms with E-state index in [1.165, 1.54) is 16.3 Å². The summed E-state index contributed by atoms with van der Waals surface area (Å²) in [6, 6.07) is 20.1. The molecule has 4 rings (SSSR count). The van der Waals surface area contributed by atoms with Gasteiger partial charge in [0.15, 0.2) is 17.5 Å². The molecule has 1 aliphatic rings. The summed E-state index contributed by atoms with van der Waals surface area (Å²) in [7, 11) is 2.04. The van der Waals surface area contributed by atoms with Crippen molar-refractivity contribution in [2.45, 2.75) is 19.5 Å². The maximum atomic E-state index is 12.7. The molecule has 0 bridgehead atoms. The molecule has 0 saturated heterocycles. The highest BCUT2D eigenvalue weighted by molar-refractivity contribution is 5.94. The molecule has 0 aliphatic carbocycles. The summed E-state index contributed by atoms with van der Waals surface area (Å²) in [5.74, 6) is 1.37. The van der Waals surface area contributed by atoms with E-state index in [-0.39, 0.29) is 11.9 Å². The number of amides is 1. The second kappa shape index (κ2) is 7.90. The topological polar surface area (TPSA) is 52.0 Å². The highest BCUT2D eigenvalue weighted by Gasteiger charge is 2.23. The van der Waals surface area contributed by atoms with E-state index in [4.69, 9.17) is 9.47 Å². The number of rotatable bonds is 5. The van der Waals surface area contributed by atoms with E-state index in [0.29, 0.717) is 19.0 Å². The molecule has 144 valence electrons. The SMILES string of the molecule is C[C@@H](C(=O)Nc1ccc2c(c1)OCCO2)[NH+](C)Cc1ccc2ccccc2c1. The van der Waals surface area contributed by atoms with Crippen molar-refractivity contribution in [3.8, 4) is 11.5 Å². The van der Waals surface area contributed by atoms with Crippen molar-refractivity contribution in [2.75, 3.05) is 25.6 Å². The molecular formula is C23H25N2O3+. The fourth-order valence-electron chi connectivity index (χ4n) is 3.42. The maximum absolute atomic E-state index is 12.7. The van der Waals surface area contributed by atoms with Gasteiger partial charge in [0.05, 0.1) is 7.05 Å². The van der Waals surface area contributed by atoms with Crippen molar-refractivity contribution in [3.63, 3.8) is 0 Å². The molecule has 2 atom stereocenters. The molecule has 5 nitrogen and oxygen atoms in total. The Balaban J connectivity index is 1.41. The summed E-state index contributed by atoms with van der Waals surface area (Å²) < 4.78 is 11.1. The number of hydrogen-bond donors (Lipinski definition) is 2. The lowest BCUT2D eigenvalue weighted by Gasteiger charge is -2.22. The number of ether oxygens (including phenoxy) is 2. The van der Waals surface area contributed by atoms with Gasteiger partial charge >= 0.3 is 0 Å². The van der Waals surface area contributed by atoms with Gasteiger partial charge in [-0.1, -0.05) is 36.4 Å². The summed E-state index contributed by atoms with van der Waals surface area (Å²) in [6.07, 6.45) is 0. The molecule has 1 aliphatic heterocycles. The monoisotopic (exact) mass is 377 g/mol. The number of hydrogen-bond acceptors (Lipinski definition) is 3. The third-order valence-corrected chi connectivity index (χ3v) is 5.24. The average molecular weight is 377 g/mol. The minimum absolute atomic E-state index is 0.0185. The van der Waals surface area contributed by atoms with Crippen LogP contribution in [0.2, 0.25) is 0 Å². The second-order valence-corrected chi connectivity index (χ2v) is 7.27. The van der Waals surface area contributed by atoms with Crippen LogP contribution in [0.3, 0.4) is 0 Å². The molecule has 0 aromatic heterocycles. The van der Waals surface area contributed by atoms with Crippen LogP contribution in [0.5, 0.6) is 11.5 Å². The minimum atomic E-state index is -0.195. The zero-order valence-corrected chi connectivity index (χ0v) is 16.2. The normalized spacial score (nSPS) is 15.1. The van der Waals surface area contributed by atoms with Gasteiger partial charge in [-0.25, -0.2) is 0 Å². The lowest BCUT2D eigenvalue weighted by molar-refractivity contribution is -0.907. The largest absolute Gasteiger partial charge is 0.486 e. The molecule has 0 spiro atoms. The molecule has 1 unspecified atom stereocenters. The lowest BCUT2D eigenvalue weighted by Crippen LogP contribution is -3.12. The van der Waals surface area contributed by atoms with Crippen LogP contribution in [-0.2, 0) is 11.3 Å². The van der Waals surface area contributed by atoms with E-state index in [1.807, 2.05) is 44.3 Å². The molecule has 1 heterocycles. The zero-order valence-electron chi connectivity index (χ0n) is 16.2. The molecule has 0 fully saturated rings. The molecule has 28 heavy (non-hydrogen) atoms. The number of nitrogens with one attached hydrogen (secondary N) is 2. The van der Waals surface area contributed by atoms with Crippen LogP contribution >= 0.6 is 0 Å². The molecule has 0 radical (unpaired) electrons. The first kappa shape index (κ1) is 18.3. The third-order valence-electron chi connectivity index (χ3n) is 5.24. The van der Waals surface area contributed by atoms with Crippen LogP contribution in [0.15, 0.2) is 60.7 Å². The zero-order chi connectivity index (χ0) is 19.5. The number of carbonyl (C=O) groups excluding carboxylic acids is 1. The van der Waals surface area contributed by atoms with Crippen molar-refractivity contribution >= 4 is 22.4 Å². The van der Waals surface area contributed by atoms with Gasteiger partial charge in [-0.15, -0.1) is 0 Å². The number of likely N-dealkylation sites (N-methyl/N-ethyl adjacent to an activating group) is 1. The Bertz CT molecular complexity index is 1000. The summed E-state index contributed by atoms with van der Waals surface area (Å²) in [5.41, 5.74) is 1.94. The maximum Gasteiger partial charge on any atom is 0.282 e. The Hall–Kier alpha value is -3.05. The van der Waals surface area contributed by atoms with Gasteiger partial charge in [-0.3, -0.25) is 4.79 Å². The van der Waals surface area contributed by atoms with Gasteiger partial charge in [-0.05, 0) is 35.9 Å². The Morgan fingerprint density at radius 3 is 2.57 bits per heavy atom. The second-order valence-electron chi connectivity index (χ2n) is 7.27. The fourth-order valence-corrected chi connectivity index (χ4v) is 3.42. The van der Waals surface area contributed by atoms with Crippen LogP contribution in [0.25, 0.3) is 10.8 Å². The number of carbonyl (C=O) groups is 1. The number of anilines is 1. The summed E-state index contributed by atoms with van der Waals surface area (Å²) in [6.45, 7) is 3.81. The van der Waals surface area contributed by atoms with Crippen LogP contribution in [-0.4, -0.2) is 32.2 Å². The first-order valence-electron chi connectivity index (χ1n) is 9.60. The summed E-state index contributed by atoms with van der Waals surface area (Å²) in [4.78, 5) is 13.9. The minimum Gasteiger partial charge on any atom is -0.486 e. The molecular weight excluding hydrogens is 352 g/mol. The standard InChI is InChI=1S/C23H24N2O3/c1-16(23(26)24-20-9-10-21-22(14-20)28-12-11-27-21)25(2)15-17-7-8-18-5-3-4-6-19(18)13-17/h3-10,13-14,16H,11-12,15H2,1-2H3,(H,24,26)/p+1/t16-/m0/s1. The smallest absolute Gasteiger partial charge is 0.282 e. The van der Waals surface area contributed by atoms with Crippen LogP contribution in [0, 0.1) is 0 Å². The predicted molar refractivity (Wildman–Crippen MR) is 110 cm³/mol. The van der Waals surface area contributed by atoms with E-state index in [0.717, 1.165) is 22.9 Å². The van der Waals surface area contributed by atoms with Crippen molar-refractivity contribution < 1.29 is 19.2 Å². The Morgan fingerprint density at radius 1 is 1.00 bits per heavy atom. The van der Waals surface area contributed by atoms with Crippen LogP contribution in [0.4, 0.5) is 5.69 Å². The van der Waals surface area contributed by atoms with Gasteiger partial charge in [0, 0.05) is 17.3 Å². The summed E-state index contributed by atoms with van der Waals surface area (Å²) in [5, 5.41) is 5.45. The first-order chi connectivity index (χ1) is 13.6. The highest BCUT2D eigenvalue weighted by atomic mass is 16.6. The lowest BCUT2D eigenvalue weighted by atomic mass is 10.1. The van der Waals surface area contributed by atoms with Gasteiger partial charge in [0.2, 0.25) is 0 Å². The molecule has 3 aromatic rings. The third kappa shape index (κ3) is 3.94. The van der Waals surface area contributed by atoms with Crippen molar-refractivity contribution in [3.05, 3.63) is 66.2 Å². The van der Waals surface area contributed by atoms with Gasteiger partial charge in [0.25, 0.3) is 5.91 Å². The number of fused-ring (bicyclic) bond motifs is 2.